The van der Waals surface area contributed by atoms with Gasteiger partial charge in [0.05, 0.1) is 11.4 Å². The molecule has 2 aromatic carbocycles. The lowest BCUT2D eigenvalue weighted by molar-refractivity contribution is 0.0954. The van der Waals surface area contributed by atoms with Crippen molar-refractivity contribution in [1.82, 2.24) is 9.88 Å². The Morgan fingerprint density at radius 1 is 1.14 bits per heavy atom. The molecule has 3 rings (SSSR count). The Morgan fingerprint density at radius 2 is 1.83 bits per heavy atom. The van der Waals surface area contributed by atoms with E-state index in [0.717, 1.165) is 28.7 Å². The highest BCUT2D eigenvalue weighted by atomic mass is 35.5. The summed E-state index contributed by atoms with van der Waals surface area (Å²) < 4.78 is 24.6. The normalized spacial score (nSPS) is 11.4. The maximum absolute atomic E-state index is 12.5. The van der Waals surface area contributed by atoms with Crippen molar-refractivity contribution in [2.45, 2.75) is 24.9 Å². The van der Waals surface area contributed by atoms with Crippen LogP contribution in [0.25, 0.3) is 0 Å². The molecular weight excluding hydrogens is 432 g/mol. The number of aromatic nitrogens is 1. The van der Waals surface area contributed by atoms with Gasteiger partial charge in [-0.3, -0.25) is 14.2 Å². The van der Waals surface area contributed by atoms with Crippen molar-refractivity contribution in [3.05, 3.63) is 84.9 Å². The SMILES string of the molecule is Cc1c(C(=O)NCc2cccc(Cl)c2)sc(=O)n1Cc1ccc(S(C)(=O)=O)cc1. The predicted molar refractivity (Wildman–Crippen MR) is 115 cm³/mol. The average Bonchev–Trinajstić information content (AvgIpc) is 2.94. The van der Waals surface area contributed by atoms with Gasteiger partial charge in [-0.05, 0) is 42.3 Å². The molecule has 152 valence electrons. The Labute approximate surface area is 177 Å². The molecule has 3 aromatic rings. The fourth-order valence-electron chi connectivity index (χ4n) is 2.80. The van der Waals surface area contributed by atoms with Gasteiger partial charge in [0.2, 0.25) is 0 Å². The number of halogens is 1. The molecule has 9 heteroatoms. The number of rotatable bonds is 6. The number of carbonyl (C=O) groups is 1. The van der Waals surface area contributed by atoms with Gasteiger partial charge in [-0.15, -0.1) is 0 Å². The van der Waals surface area contributed by atoms with Crippen molar-refractivity contribution in [3.63, 3.8) is 0 Å². The highest BCUT2D eigenvalue weighted by Crippen LogP contribution is 2.16. The van der Waals surface area contributed by atoms with Crippen LogP contribution in [0, 0.1) is 6.92 Å². The van der Waals surface area contributed by atoms with Gasteiger partial charge in [0, 0.05) is 23.5 Å². The Kier molecular flexibility index (Phi) is 6.26. The number of carbonyl (C=O) groups excluding carboxylic acids is 1. The minimum Gasteiger partial charge on any atom is -0.347 e. The lowest BCUT2D eigenvalue weighted by atomic mass is 10.2. The number of hydrogen-bond donors (Lipinski definition) is 1. The molecule has 0 unspecified atom stereocenters. The van der Waals surface area contributed by atoms with Gasteiger partial charge in [0.25, 0.3) is 5.91 Å². The molecule has 1 aromatic heterocycles. The summed E-state index contributed by atoms with van der Waals surface area (Å²) in [4.78, 5) is 25.3. The second kappa shape index (κ2) is 8.52. The maximum atomic E-state index is 12.5. The van der Waals surface area contributed by atoms with Gasteiger partial charge in [0.15, 0.2) is 9.84 Å². The maximum Gasteiger partial charge on any atom is 0.308 e. The van der Waals surface area contributed by atoms with E-state index in [4.69, 9.17) is 11.6 Å². The number of nitrogens with zero attached hydrogens (tertiary/aromatic N) is 1. The molecule has 1 N–H and O–H groups in total. The quantitative estimate of drug-likeness (QED) is 0.624. The number of thiazole rings is 1. The van der Waals surface area contributed by atoms with Crippen molar-refractivity contribution in [2.24, 2.45) is 0 Å². The van der Waals surface area contributed by atoms with Gasteiger partial charge in [0.1, 0.15) is 4.88 Å². The first-order valence-electron chi connectivity index (χ1n) is 8.67. The first-order valence-corrected chi connectivity index (χ1v) is 11.8. The van der Waals surface area contributed by atoms with Crippen molar-refractivity contribution < 1.29 is 13.2 Å². The Morgan fingerprint density at radius 3 is 2.45 bits per heavy atom. The molecular formula is C20H19ClN2O4S2. The van der Waals surface area contributed by atoms with Crippen LogP contribution < -0.4 is 10.2 Å². The summed E-state index contributed by atoms with van der Waals surface area (Å²) in [6.45, 7) is 2.28. The molecule has 0 saturated heterocycles. The van der Waals surface area contributed by atoms with Gasteiger partial charge in [-0.2, -0.15) is 0 Å². The van der Waals surface area contributed by atoms with E-state index < -0.39 is 9.84 Å². The number of amides is 1. The van der Waals surface area contributed by atoms with Crippen LogP contribution in [0.1, 0.15) is 26.5 Å². The second-order valence-electron chi connectivity index (χ2n) is 6.60. The van der Waals surface area contributed by atoms with Crippen LogP contribution in [0.2, 0.25) is 5.02 Å². The van der Waals surface area contributed by atoms with E-state index in [1.165, 1.54) is 16.7 Å². The van der Waals surface area contributed by atoms with Crippen LogP contribution in [0.15, 0.2) is 58.2 Å². The smallest absolute Gasteiger partial charge is 0.308 e. The van der Waals surface area contributed by atoms with Crippen LogP contribution in [0.3, 0.4) is 0 Å². The molecule has 0 aliphatic carbocycles. The van der Waals surface area contributed by atoms with E-state index in [-0.39, 0.29) is 22.2 Å². The molecule has 29 heavy (non-hydrogen) atoms. The molecule has 0 fully saturated rings. The molecule has 1 amide bonds. The second-order valence-corrected chi connectivity index (χ2v) is 10.0. The largest absolute Gasteiger partial charge is 0.347 e. The van der Waals surface area contributed by atoms with Crippen LogP contribution in [0.4, 0.5) is 0 Å². The summed E-state index contributed by atoms with van der Waals surface area (Å²) in [7, 11) is -3.28. The van der Waals surface area contributed by atoms with Crippen molar-refractivity contribution in [1.29, 1.82) is 0 Å². The molecule has 0 bridgehead atoms. The van der Waals surface area contributed by atoms with Gasteiger partial charge >= 0.3 is 4.87 Å². The molecule has 1 heterocycles. The van der Waals surface area contributed by atoms with E-state index in [1.54, 1.807) is 37.3 Å². The van der Waals surface area contributed by atoms with Gasteiger partial charge in [-0.25, -0.2) is 8.42 Å². The predicted octanol–water partition coefficient (Wildman–Crippen LogP) is 3.25. The summed E-state index contributed by atoms with van der Waals surface area (Å²) in [6.07, 6.45) is 1.14. The third-order valence-electron chi connectivity index (χ3n) is 4.38. The first-order chi connectivity index (χ1) is 13.6. The zero-order valence-corrected chi connectivity index (χ0v) is 18.2. The van der Waals surface area contributed by atoms with Gasteiger partial charge < -0.3 is 5.32 Å². The van der Waals surface area contributed by atoms with E-state index in [0.29, 0.717) is 22.1 Å². The zero-order valence-electron chi connectivity index (χ0n) is 15.8. The minimum absolute atomic E-state index is 0.219. The summed E-state index contributed by atoms with van der Waals surface area (Å²) in [6, 6.07) is 13.5. The molecule has 0 aliphatic heterocycles. The summed E-state index contributed by atoms with van der Waals surface area (Å²) in [5.41, 5.74) is 2.20. The number of nitrogens with one attached hydrogen (secondary N) is 1. The lowest BCUT2D eigenvalue weighted by Crippen LogP contribution is -2.23. The van der Waals surface area contributed by atoms with E-state index >= 15 is 0 Å². The summed E-state index contributed by atoms with van der Waals surface area (Å²) >= 11 is 6.84. The van der Waals surface area contributed by atoms with Crippen molar-refractivity contribution in [2.75, 3.05) is 6.26 Å². The molecule has 0 aliphatic rings. The topological polar surface area (TPSA) is 85.2 Å². The average molecular weight is 451 g/mol. The van der Waals surface area contributed by atoms with Crippen LogP contribution in [-0.2, 0) is 22.9 Å². The molecule has 6 nitrogen and oxygen atoms in total. The Balaban J connectivity index is 1.75. The Bertz CT molecular complexity index is 1210. The molecule has 0 atom stereocenters. The highest BCUT2D eigenvalue weighted by molar-refractivity contribution is 7.90. The van der Waals surface area contributed by atoms with E-state index in [1.807, 2.05) is 6.07 Å². The van der Waals surface area contributed by atoms with E-state index in [2.05, 4.69) is 5.32 Å². The standard InChI is InChI=1S/C20H19ClN2O4S2/c1-13-18(19(24)22-11-15-4-3-5-16(21)10-15)28-20(25)23(13)12-14-6-8-17(9-7-14)29(2,26)27/h3-10H,11-12H2,1-2H3,(H,22,24). The monoisotopic (exact) mass is 450 g/mol. The minimum atomic E-state index is -3.28. The molecule has 0 saturated carbocycles. The van der Waals surface area contributed by atoms with Crippen molar-refractivity contribution in [3.8, 4) is 0 Å². The zero-order chi connectivity index (χ0) is 21.2. The number of hydrogen-bond acceptors (Lipinski definition) is 5. The molecule has 0 spiro atoms. The van der Waals surface area contributed by atoms with Crippen LogP contribution >= 0.6 is 22.9 Å². The molecule has 0 radical (unpaired) electrons. The Hall–Kier alpha value is -2.42. The summed E-state index contributed by atoms with van der Waals surface area (Å²) in [5.74, 6) is -0.323. The van der Waals surface area contributed by atoms with Crippen LogP contribution in [-0.4, -0.2) is 25.1 Å². The van der Waals surface area contributed by atoms with Gasteiger partial charge in [-0.1, -0.05) is 47.2 Å². The lowest BCUT2D eigenvalue weighted by Gasteiger charge is -2.08. The fraction of sp³-hybridized carbons (Fsp3) is 0.200. The third-order valence-corrected chi connectivity index (χ3v) is 6.83. The first kappa shape index (κ1) is 21.3. The summed E-state index contributed by atoms with van der Waals surface area (Å²) in [5, 5.41) is 3.39. The van der Waals surface area contributed by atoms with E-state index in [9.17, 15) is 18.0 Å². The number of sulfone groups is 1. The highest BCUT2D eigenvalue weighted by Gasteiger charge is 2.18. The third kappa shape index (κ3) is 5.14. The fourth-order valence-corrected chi connectivity index (χ4v) is 4.56. The number of benzene rings is 2. The van der Waals surface area contributed by atoms with Crippen molar-refractivity contribution >= 4 is 38.7 Å². The van der Waals surface area contributed by atoms with Crippen LogP contribution in [0.5, 0.6) is 0 Å².